The summed E-state index contributed by atoms with van der Waals surface area (Å²) in [6.07, 6.45) is 1.10. The highest BCUT2D eigenvalue weighted by Crippen LogP contribution is 2.38. The molecule has 1 unspecified atom stereocenters. The van der Waals surface area contributed by atoms with Crippen LogP contribution in [0.5, 0.6) is 0 Å². The zero-order chi connectivity index (χ0) is 18.4. The predicted molar refractivity (Wildman–Crippen MR) is 110 cm³/mol. The van der Waals surface area contributed by atoms with Gasteiger partial charge in [0.25, 0.3) is 5.72 Å². The fourth-order valence-corrected chi connectivity index (χ4v) is 4.97. The molecule has 0 aromatic heterocycles. The number of nitrogens with zero attached hydrogens (tertiary/aromatic N) is 2. The average Bonchev–Trinajstić information content (AvgIpc) is 2.97. The zero-order valence-electron chi connectivity index (χ0n) is 16.2. The van der Waals surface area contributed by atoms with E-state index in [4.69, 9.17) is 0 Å². The SMILES string of the molecule is CC(C)(C)c1ccc(C2(O)CN(c3ccccc3)C3=[N+]2CCCS3)cc1.[Br-]. The molecule has 0 amide bonds. The van der Waals surface area contributed by atoms with Crippen molar-refractivity contribution < 1.29 is 26.7 Å². The van der Waals surface area contributed by atoms with E-state index in [-0.39, 0.29) is 22.4 Å². The van der Waals surface area contributed by atoms with Crippen molar-refractivity contribution in [1.29, 1.82) is 0 Å². The molecule has 0 spiro atoms. The smallest absolute Gasteiger partial charge is 0.316 e. The molecule has 2 aliphatic heterocycles. The summed E-state index contributed by atoms with van der Waals surface area (Å²) in [7, 11) is 0. The van der Waals surface area contributed by atoms with E-state index in [0.717, 1.165) is 30.0 Å². The van der Waals surface area contributed by atoms with Gasteiger partial charge in [-0.3, -0.25) is 0 Å². The number of benzene rings is 2. The van der Waals surface area contributed by atoms with Crippen LogP contribution in [0.3, 0.4) is 0 Å². The first-order valence-corrected chi connectivity index (χ1v) is 10.3. The fraction of sp³-hybridized carbons (Fsp3) is 0.409. The molecule has 27 heavy (non-hydrogen) atoms. The first-order chi connectivity index (χ1) is 12.4. The molecule has 1 atom stereocenters. The normalized spacial score (nSPS) is 22.4. The van der Waals surface area contributed by atoms with Crippen molar-refractivity contribution in [3.05, 3.63) is 65.7 Å². The average molecular weight is 447 g/mol. The quantitative estimate of drug-likeness (QED) is 0.701. The molecule has 2 heterocycles. The van der Waals surface area contributed by atoms with Gasteiger partial charge in [-0.1, -0.05) is 63.2 Å². The summed E-state index contributed by atoms with van der Waals surface area (Å²) >= 11 is 1.85. The summed E-state index contributed by atoms with van der Waals surface area (Å²) in [5.74, 6) is 1.11. The van der Waals surface area contributed by atoms with Crippen LogP contribution in [-0.2, 0) is 11.1 Å². The second kappa shape index (κ2) is 7.61. The summed E-state index contributed by atoms with van der Waals surface area (Å²) in [5.41, 5.74) is 2.55. The standard InChI is InChI=1S/C22H27N2OS.BrH/c1-21(2,3)17-10-12-18(13-11-17)22(25)16-23(19-8-5-4-6-9-19)20-24(22)14-7-15-26-20;/h4-6,8-13,25H,7,14-16H2,1-3H3;1H/q+1;/p-1. The molecule has 144 valence electrons. The Labute approximate surface area is 176 Å². The van der Waals surface area contributed by atoms with Crippen molar-refractivity contribution >= 4 is 22.6 Å². The summed E-state index contributed by atoms with van der Waals surface area (Å²) in [6, 6.07) is 18.9. The van der Waals surface area contributed by atoms with Crippen LogP contribution in [0.4, 0.5) is 5.69 Å². The monoisotopic (exact) mass is 446 g/mol. The Balaban J connectivity index is 0.00000210. The summed E-state index contributed by atoms with van der Waals surface area (Å²) < 4.78 is 2.19. The third-order valence-electron chi connectivity index (χ3n) is 5.33. The minimum Gasteiger partial charge on any atom is -1.00 e. The maximum Gasteiger partial charge on any atom is 0.316 e. The molecule has 4 rings (SSSR count). The van der Waals surface area contributed by atoms with Gasteiger partial charge in [0.1, 0.15) is 5.69 Å². The molecule has 0 fully saturated rings. The molecule has 0 aliphatic carbocycles. The molecule has 0 bridgehead atoms. The third-order valence-corrected chi connectivity index (χ3v) is 6.52. The van der Waals surface area contributed by atoms with Gasteiger partial charge in [0, 0.05) is 11.3 Å². The Morgan fingerprint density at radius 2 is 1.70 bits per heavy atom. The largest absolute Gasteiger partial charge is 1.00 e. The lowest BCUT2D eigenvalue weighted by molar-refractivity contribution is -0.656. The van der Waals surface area contributed by atoms with Gasteiger partial charge in [-0.05, 0) is 41.3 Å². The van der Waals surface area contributed by atoms with Gasteiger partial charge in [0.15, 0.2) is 6.54 Å². The summed E-state index contributed by atoms with van der Waals surface area (Å²) in [5, 5.41) is 12.9. The van der Waals surface area contributed by atoms with E-state index in [1.165, 1.54) is 10.7 Å². The molecule has 5 heteroatoms. The topological polar surface area (TPSA) is 26.5 Å². The summed E-state index contributed by atoms with van der Waals surface area (Å²) in [6.45, 7) is 8.11. The van der Waals surface area contributed by atoms with Crippen molar-refractivity contribution in [3.63, 3.8) is 0 Å². The van der Waals surface area contributed by atoms with Gasteiger partial charge in [-0.25, -0.2) is 9.48 Å². The van der Waals surface area contributed by atoms with Crippen molar-refractivity contribution in [2.45, 2.75) is 38.3 Å². The minimum absolute atomic E-state index is 0. The fourth-order valence-electron chi connectivity index (χ4n) is 3.79. The van der Waals surface area contributed by atoms with E-state index >= 15 is 0 Å². The molecular weight excluding hydrogens is 420 g/mol. The molecule has 0 radical (unpaired) electrons. The Hall–Kier alpha value is -1.30. The van der Waals surface area contributed by atoms with E-state index in [1.807, 2.05) is 17.8 Å². The van der Waals surface area contributed by atoms with Crippen LogP contribution in [-0.4, -0.2) is 33.7 Å². The van der Waals surface area contributed by atoms with Crippen molar-refractivity contribution in [3.8, 4) is 0 Å². The first kappa shape index (κ1) is 20.4. The molecule has 0 saturated heterocycles. The number of β-amino-alcohol motifs (C(OH)–C–C–N with tert-alkyl or cyclic N) is 1. The van der Waals surface area contributed by atoms with Crippen LogP contribution < -0.4 is 21.9 Å². The Bertz CT molecular complexity index is 830. The molecular formula is C22H27BrN2OS. The first-order valence-electron chi connectivity index (χ1n) is 9.33. The van der Waals surface area contributed by atoms with Crippen LogP contribution >= 0.6 is 11.8 Å². The van der Waals surface area contributed by atoms with Crippen molar-refractivity contribution in [1.82, 2.24) is 0 Å². The van der Waals surface area contributed by atoms with E-state index in [2.05, 4.69) is 78.8 Å². The van der Waals surface area contributed by atoms with Crippen LogP contribution in [0.1, 0.15) is 38.3 Å². The zero-order valence-corrected chi connectivity index (χ0v) is 18.6. The molecule has 2 aliphatic rings. The number of para-hydroxylation sites is 1. The van der Waals surface area contributed by atoms with E-state index in [9.17, 15) is 5.11 Å². The van der Waals surface area contributed by atoms with Crippen molar-refractivity contribution in [2.24, 2.45) is 0 Å². The number of thioether (sulfide) groups is 1. The van der Waals surface area contributed by atoms with E-state index < -0.39 is 5.72 Å². The van der Waals surface area contributed by atoms with Gasteiger partial charge in [-0.2, -0.15) is 0 Å². The molecule has 3 nitrogen and oxygen atoms in total. The van der Waals surface area contributed by atoms with E-state index in [1.54, 1.807) is 0 Å². The van der Waals surface area contributed by atoms with Crippen LogP contribution in [0.25, 0.3) is 0 Å². The minimum atomic E-state index is -0.977. The highest BCUT2D eigenvalue weighted by atomic mass is 79.9. The predicted octanol–water partition coefficient (Wildman–Crippen LogP) is 1.16. The highest BCUT2D eigenvalue weighted by molar-refractivity contribution is 8.13. The van der Waals surface area contributed by atoms with Crippen molar-refractivity contribution in [2.75, 3.05) is 23.7 Å². The third kappa shape index (κ3) is 3.69. The Morgan fingerprint density at radius 3 is 2.33 bits per heavy atom. The number of hydrogen-bond acceptors (Lipinski definition) is 3. The second-order valence-electron chi connectivity index (χ2n) is 8.20. The Morgan fingerprint density at radius 1 is 1.04 bits per heavy atom. The molecule has 2 aromatic carbocycles. The van der Waals surface area contributed by atoms with E-state index in [0.29, 0.717) is 6.54 Å². The molecule has 2 aromatic rings. The van der Waals surface area contributed by atoms with Crippen LogP contribution in [0.2, 0.25) is 0 Å². The lowest BCUT2D eigenvalue weighted by Gasteiger charge is -2.26. The van der Waals surface area contributed by atoms with Crippen LogP contribution in [0.15, 0.2) is 54.6 Å². The lowest BCUT2D eigenvalue weighted by Crippen LogP contribution is -3.00. The second-order valence-corrected chi connectivity index (χ2v) is 9.26. The summed E-state index contributed by atoms with van der Waals surface area (Å²) in [4.78, 5) is 2.27. The maximum absolute atomic E-state index is 11.7. The number of amidine groups is 1. The lowest BCUT2D eigenvalue weighted by atomic mass is 9.86. The van der Waals surface area contributed by atoms with Gasteiger partial charge in [0.2, 0.25) is 0 Å². The van der Waals surface area contributed by atoms with Gasteiger partial charge >= 0.3 is 5.17 Å². The van der Waals surface area contributed by atoms with Gasteiger partial charge in [0.05, 0.1) is 6.54 Å². The Kier molecular flexibility index (Phi) is 5.76. The number of aliphatic hydroxyl groups is 1. The molecule has 0 saturated carbocycles. The number of rotatable bonds is 2. The van der Waals surface area contributed by atoms with Crippen LogP contribution in [0, 0.1) is 0 Å². The van der Waals surface area contributed by atoms with Gasteiger partial charge in [-0.15, -0.1) is 0 Å². The highest BCUT2D eigenvalue weighted by Gasteiger charge is 2.53. The maximum atomic E-state index is 11.7. The number of hydrogen-bond donors (Lipinski definition) is 1. The molecule has 1 N–H and O–H groups in total. The number of halogens is 1. The van der Waals surface area contributed by atoms with Gasteiger partial charge < -0.3 is 22.1 Å². The number of anilines is 1.